The van der Waals surface area contributed by atoms with Crippen LogP contribution in [0.4, 0.5) is 4.39 Å². The summed E-state index contributed by atoms with van der Waals surface area (Å²) in [5, 5.41) is 0.182. The molecule has 1 saturated heterocycles. The van der Waals surface area contributed by atoms with Gasteiger partial charge in [-0.2, -0.15) is 0 Å². The van der Waals surface area contributed by atoms with Crippen molar-refractivity contribution < 1.29 is 9.18 Å². The van der Waals surface area contributed by atoms with E-state index in [9.17, 15) is 9.18 Å². The first-order chi connectivity index (χ1) is 8.15. The molecule has 1 aliphatic heterocycles. The summed E-state index contributed by atoms with van der Waals surface area (Å²) in [5.74, 6) is -0.0515. The van der Waals surface area contributed by atoms with Crippen molar-refractivity contribution in [2.24, 2.45) is 5.92 Å². The van der Waals surface area contributed by atoms with Crippen molar-refractivity contribution in [3.63, 3.8) is 0 Å². The van der Waals surface area contributed by atoms with E-state index in [-0.39, 0.29) is 17.0 Å². The highest BCUT2D eigenvalue weighted by Gasteiger charge is 2.37. The van der Waals surface area contributed by atoms with Crippen LogP contribution in [0.1, 0.15) is 16.8 Å². The van der Waals surface area contributed by atoms with Gasteiger partial charge >= 0.3 is 0 Å². The van der Waals surface area contributed by atoms with Gasteiger partial charge in [-0.15, -0.1) is 0 Å². The summed E-state index contributed by atoms with van der Waals surface area (Å²) in [6.07, 6.45) is 5.22. The molecule has 88 valence electrons. The minimum absolute atomic E-state index is 0.105. The highest BCUT2D eigenvalue weighted by Crippen LogP contribution is 2.33. The van der Waals surface area contributed by atoms with Gasteiger partial charge in [0.15, 0.2) is 0 Å². The van der Waals surface area contributed by atoms with E-state index in [1.165, 1.54) is 18.2 Å². The zero-order chi connectivity index (χ0) is 12.0. The van der Waals surface area contributed by atoms with E-state index in [1.807, 2.05) is 4.90 Å². The fraction of sp³-hybridized carbons (Fsp3) is 0.308. The molecule has 3 rings (SSSR count). The molecule has 0 N–H and O–H groups in total. The Labute approximate surface area is 104 Å². The molecule has 1 fully saturated rings. The Kier molecular flexibility index (Phi) is 2.44. The molecule has 4 heteroatoms. The quantitative estimate of drug-likeness (QED) is 0.703. The summed E-state index contributed by atoms with van der Waals surface area (Å²) in [5.41, 5.74) is 0.383. The zero-order valence-electron chi connectivity index (χ0n) is 9.07. The second-order valence-electron chi connectivity index (χ2n) is 4.53. The molecule has 0 radical (unpaired) electrons. The molecule has 1 aromatic carbocycles. The van der Waals surface area contributed by atoms with E-state index in [2.05, 4.69) is 12.2 Å². The van der Waals surface area contributed by atoms with Crippen LogP contribution in [0.25, 0.3) is 0 Å². The van der Waals surface area contributed by atoms with Crippen molar-refractivity contribution >= 4 is 17.5 Å². The topological polar surface area (TPSA) is 20.3 Å². The van der Waals surface area contributed by atoms with Crippen molar-refractivity contribution in [3.8, 4) is 0 Å². The van der Waals surface area contributed by atoms with Crippen LogP contribution in [0.2, 0.25) is 5.02 Å². The largest absolute Gasteiger partial charge is 0.332 e. The Bertz CT molecular complexity index is 514. The van der Waals surface area contributed by atoms with Crippen molar-refractivity contribution in [1.29, 1.82) is 0 Å². The number of hydrogen-bond acceptors (Lipinski definition) is 1. The molecule has 0 saturated carbocycles. The van der Waals surface area contributed by atoms with Crippen LogP contribution in [0.3, 0.4) is 0 Å². The minimum atomic E-state index is -0.422. The van der Waals surface area contributed by atoms with Gasteiger partial charge < -0.3 is 4.90 Å². The summed E-state index contributed by atoms with van der Waals surface area (Å²) in [6.45, 7) is 0.744. The van der Waals surface area contributed by atoms with Crippen molar-refractivity contribution in [2.45, 2.75) is 12.5 Å². The number of rotatable bonds is 1. The standard InChI is InChI=1S/C13H11ClFNO/c14-12-6-9(15)2-4-11(12)13(17)16-7-8-1-3-10(16)5-8/h1-4,6,8,10H,5,7H2. The molecule has 2 unspecified atom stereocenters. The number of nitrogens with zero attached hydrogens (tertiary/aromatic N) is 1. The highest BCUT2D eigenvalue weighted by molar-refractivity contribution is 6.33. The van der Waals surface area contributed by atoms with Crippen molar-refractivity contribution in [3.05, 3.63) is 46.8 Å². The Morgan fingerprint density at radius 2 is 2.24 bits per heavy atom. The number of carbonyl (C=O) groups excluding carboxylic acids is 1. The van der Waals surface area contributed by atoms with Gasteiger partial charge in [-0.3, -0.25) is 4.79 Å². The minimum Gasteiger partial charge on any atom is -0.332 e. The summed E-state index contributed by atoms with van der Waals surface area (Å²) in [4.78, 5) is 14.1. The van der Waals surface area contributed by atoms with Crippen LogP contribution in [-0.4, -0.2) is 23.4 Å². The van der Waals surface area contributed by atoms with E-state index in [4.69, 9.17) is 11.6 Å². The van der Waals surface area contributed by atoms with E-state index in [1.54, 1.807) is 0 Å². The lowest BCUT2D eigenvalue weighted by molar-refractivity contribution is 0.0754. The SMILES string of the molecule is O=C(c1ccc(F)cc1Cl)N1CC2C=CC1C2. The molecule has 1 aromatic rings. The Balaban J connectivity index is 1.89. The van der Waals surface area contributed by atoms with E-state index >= 15 is 0 Å². The molecule has 1 aliphatic carbocycles. The van der Waals surface area contributed by atoms with Gasteiger partial charge in [-0.05, 0) is 30.5 Å². The fourth-order valence-electron chi connectivity index (χ4n) is 2.56. The number of halogens is 2. The lowest BCUT2D eigenvalue weighted by Gasteiger charge is -2.24. The first-order valence-corrected chi connectivity index (χ1v) is 5.97. The van der Waals surface area contributed by atoms with Crippen LogP contribution in [0.5, 0.6) is 0 Å². The summed E-state index contributed by atoms with van der Waals surface area (Å²) < 4.78 is 12.9. The monoisotopic (exact) mass is 251 g/mol. The first kappa shape index (κ1) is 10.8. The smallest absolute Gasteiger partial charge is 0.255 e. The van der Waals surface area contributed by atoms with Gasteiger partial charge in [-0.1, -0.05) is 23.8 Å². The van der Waals surface area contributed by atoms with Gasteiger partial charge in [0.2, 0.25) is 0 Å². The predicted molar refractivity (Wildman–Crippen MR) is 63.5 cm³/mol. The molecule has 0 spiro atoms. The van der Waals surface area contributed by atoms with Gasteiger partial charge in [0, 0.05) is 6.54 Å². The number of benzene rings is 1. The number of likely N-dealkylation sites (tertiary alicyclic amines) is 1. The average molecular weight is 252 g/mol. The number of amides is 1. The maximum Gasteiger partial charge on any atom is 0.255 e. The molecule has 1 amide bonds. The molecular formula is C13H11ClFNO. The van der Waals surface area contributed by atoms with Crippen LogP contribution in [-0.2, 0) is 0 Å². The lowest BCUT2D eigenvalue weighted by Crippen LogP contribution is -2.36. The van der Waals surface area contributed by atoms with E-state index in [0.717, 1.165) is 13.0 Å². The van der Waals surface area contributed by atoms with Gasteiger partial charge in [-0.25, -0.2) is 4.39 Å². The molecule has 2 aliphatic rings. The van der Waals surface area contributed by atoms with Gasteiger partial charge in [0.1, 0.15) is 5.82 Å². The van der Waals surface area contributed by atoms with Gasteiger partial charge in [0.05, 0.1) is 16.6 Å². The van der Waals surface area contributed by atoms with Crippen molar-refractivity contribution in [2.75, 3.05) is 6.54 Å². The second kappa shape index (κ2) is 3.84. The van der Waals surface area contributed by atoms with Crippen LogP contribution in [0.15, 0.2) is 30.4 Å². The Morgan fingerprint density at radius 1 is 1.41 bits per heavy atom. The molecule has 2 bridgehead atoms. The van der Waals surface area contributed by atoms with E-state index < -0.39 is 5.82 Å². The number of hydrogen-bond donors (Lipinski definition) is 0. The molecule has 2 nitrogen and oxygen atoms in total. The third-order valence-corrected chi connectivity index (χ3v) is 3.72. The summed E-state index contributed by atoms with van der Waals surface area (Å²) in [6, 6.07) is 4.09. The maximum atomic E-state index is 12.9. The molecular weight excluding hydrogens is 241 g/mol. The molecule has 2 atom stereocenters. The third-order valence-electron chi connectivity index (χ3n) is 3.40. The zero-order valence-corrected chi connectivity index (χ0v) is 9.82. The molecule has 17 heavy (non-hydrogen) atoms. The fourth-order valence-corrected chi connectivity index (χ4v) is 2.81. The normalized spacial score (nSPS) is 25.6. The lowest BCUT2D eigenvalue weighted by atomic mass is 10.1. The first-order valence-electron chi connectivity index (χ1n) is 5.59. The van der Waals surface area contributed by atoms with Crippen molar-refractivity contribution in [1.82, 2.24) is 4.90 Å². The summed E-state index contributed by atoms with van der Waals surface area (Å²) in [7, 11) is 0. The van der Waals surface area contributed by atoms with Crippen LogP contribution in [0, 0.1) is 11.7 Å². The highest BCUT2D eigenvalue weighted by atomic mass is 35.5. The van der Waals surface area contributed by atoms with Gasteiger partial charge in [0.25, 0.3) is 5.91 Å². The van der Waals surface area contributed by atoms with Crippen LogP contribution >= 0.6 is 11.6 Å². The number of carbonyl (C=O) groups is 1. The molecule has 0 aromatic heterocycles. The maximum absolute atomic E-state index is 12.9. The van der Waals surface area contributed by atoms with Crippen LogP contribution < -0.4 is 0 Å². The van der Waals surface area contributed by atoms with E-state index in [0.29, 0.717) is 11.5 Å². The average Bonchev–Trinajstić information content (AvgIpc) is 2.89. The summed E-state index contributed by atoms with van der Waals surface area (Å²) >= 11 is 5.90. The Morgan fingerprint density at radius 3 is 2.82 bits per heavy atom. The Hall–Kier alpha value is -1.35. The predicted octanol–water partition coefficient (Wildman–Crippen LogP) is 2.88. The number of fused-ring (bicyclic) bond motifs is 2. The third kappa shape index (κ3) is 1.75. The second-order valence-corrected chi connectivity index (χ2v) is 4.94. The molecule has 1 heterocycles.